The Hall–Kier alpha value is -2.01. The van der Waals surface area contributed by atoms with Gasteiger partial charge in [0.15, 0.2) is 0 Å². The highest BCUT2D eigenvalue weighted by Gasteiger charge is 2.13. The molecule has 0 radical (unpaired) electrons. The molecule has 4 nitrogen and oxygen atoms in total. The molecule has 0 aromatic heterocycles. The lowest BCUT2D eigenvalue weighted by molar-refractivity contribution is 0.0697. The number of rotatable bonds is 6. The molecule has 0 atom stereocenters. The van der Waals surface area contributed by atoms with Crippen LogP contribution in [0, 0.1) is 20.8 Å². The molecule has 0 bridgehead atoms. The van der Waals surface area contributed by atoms with E-state index in [0.29, 0.717) is 18.8 Å². The molecule has 0 unspecified atom stereocenters. The summed E-state index contributed by atoms with van der Waals surface area (Å²) < 4.78 is 6.47. The van der Waals surface area contributed by atoms with Crippen LogP contribution < -0.4 is 10.1 Å². The average Bonchev–Trinajstić information content (AvgIpc) is 2.43. The van der Waals surface area contributed by atoms with Crippen LogP contribution >= 0.6 is 15.9 Å². The van der Waals surface area contributed by atoms with Gasteiger partial charge in [-0.25, -0.2) is 4.79 Å². The Morgan fingerprint density at radius 3 is 2.30 bits per heavy atom. The molecule has 0 aliphatic heterocycles. The van der Waals surface area contributed by atoms with Crippen molar-refractivity contribution in [3.05, 3.63) is 57.1 Å². The number of carbonyl (C=O) groups is 1. The van der Waals surface area contributed by atoms with Gasteiger partial charge in [0.25, 0.3) is 0 Å². The second kappa shape index (κ2) is 7.51. The van der Waals surface area contributed by atoms with Gasteiger partial charge in [0, 0.05) is 11.0 Å². The molecule has 0 aliphatic rings. The number of benzene rings is 2. The summed E-state index contributed by atoms with van der Waals surface area (Å²) in [6.07, 6.45) is 0. The SMILES string of the molecule is Cc1cc(C)cc(OCCNc2c(Br)cc(C)cc2C(=O)O)c1. The molecule has 5 heteroatoms. The monoisotopic (exact) mass is 377 g/mol. The number of aryl methyl sites for hydroxylation is 3. The molecule has 2 N–H and O–H groups in total. The van der Waals surface area contributed by atoms with Gasteiger partial charge >= 0.3 is 5.97 Å². The van der Waals surface area contributed by atoms with Gasteiger partial charge in [-0.2, -0.15) is 0 Å². The number of halogens is 1. The molecule has 2 aromatic rings. The van der Waals surface area contributed by atoms with E-state index >= 15 is 0 Å². The van der Waals surface area contributed by atoms with Crippen LogP contribution in [-0.2, 0) is 0 Å². The third-order valence-corrected chi connectivity index (χ3v) is 3.96. The highest BCUT2D eigenvalue weighted by atomic mass is 79.9. The molecular formula is C18H20BrNO3. The van der Waals surface area contributed by atoms with Crippen LogP contribution in [-0.4, -0.2) is 24.2 Å². The lowest BCUT2D eigenvalue weighted by Crippen LogP contribution is -2.14. The summed E-state index contributed by atoms with van der Waals surface area (Å²) in [7, 11) is 0. The summed E-state index contributed by atoms with van der Waals surface area (Å²) >= 11 is 3.42. The van der Waals surface area contributed by atoms with Crippen LogP contribution in [0.3, 0.4) is 0 Å². The van der Waals surface area contributed by atoms with Crippen molar-refractivity contribution < 1.29 is 14.6 Å². The quantitative estimate of drug-likeness (QED) is 0.724. The zero-order valence-electron chi connectivity index (χ0n) is 13.4. The zero-order chi connectivity index (χ0) is 17.0. The lowest BCUT2D eigenvalue weighted by atomic mass is 10.1. The van der Waals surface area contributed by atoms with Crippen molar-refractivity contribution in [1.29, 1.82) is 0 Å². The number of aromatic carboxylic acids is 1. The predicted molar refractivity (Wildman–Crippen MR) is 95.7 cm³/mol. The fourth-order valence-electron chi connectivity index (χ4n) is 2.45. The van der Waals surface area contributed by atoms with E-state index in [2.05, 4.69) is 27.3 Å². The van der Waals surface area contributed by atoms with E-state index in [1.54, 1.807) is 6.07 Å². The number of anilines is 1. The molecule has 122 valence electrons. The van der Waals surface area contributed by atoms with Crippen LogP contribution in [0.1, 0.15) is 27.0 Å². The number of carboxylic acids is 1. The van der Waals surface area contributed by atoms with E-state index in [1.807, 2.05) is 39.0 Å². The molecule has 0 amide bonds. The maximum Gasteiger partial charge on any atom is 0.337 e. The molecule has 2 rings (SSSR count). The third-order valence-electron chi connectivity index (χ3n) is 3.33. The number of hydrogen-bond donors (Lipinski definition) is 2. The predicted octanol–water partition coefficient (Wildman–Crippen LogP) is 4.56. The van der Waals surface area contributed by atoms with Crippen molar-refractivity contribution in [3.63, 3.8) is 0 Å². The zero-order valence-corrected chi connectivity index (χ0v) is 15.0. The average molecular weight is 378 g/mol. The Bertz CT molecular complexity index is 708. The molecule has 23 heavy (non-hydrogen) atoms. The van der Waals surface area contributed by atoms with Crippen molar-refractivity contribution in [3.8, 4) is 5.75 Å². The number of carboxylic acid groups (broad SMARTS) is 1. The maximum absolute atomic E-state index is 11.4. The molecule has 0 aliphatic carbocycles. The van der Waals surface area contributed by atoms with Crippen molar-refractivity contribution in [2.45, 2.75) is 20.8 Å². The number of nitrogens with one attached hydrogen (secondary N) is 1. The summed E-state index contributed by atoms with van der Waals surface area (Å²) in [5.41, 5.74) is 4.03. The van der Waals surface area contributed by atoms with E-state index in [4.69, 9.17) is 4.74 Å². The molecule has 2 aromatic carbocycles. The molecule has 0 spiro atoms. The minimum Gasteiger partial charge on any atom is -0.492 e. The Morgan fingerprint density at radius 2 is 1.70 bits per heavy atom. The number of ether oxygens (including phenoxy) is 1. The van der Waals surface area contributed by atoms with Crippen molar-refractivity contribution in [1.82, 2.24) is 0 Å². The molecule has 0 heterocycles. The van der Waals surface area contributed by atoms with E-state index in [1.165, 1.54) is 0 Å². The first kappa shape index (κ1) is 17.3. The molecule has 0 fully saturated rings. The summed E-state index contributed by atoms with van der Waals surface area (Å²) in [6.45, 7) is 6.88. The minimum absolute atomic E-state index is 0.253. The summed E-state index contributed by atoms with van der Waals surface area (Å²) in [5.74, 6) is -0.127. The standard InChI is InChI=1S/C18H20BrNO3/c1-11-6-12(2)8-14(7-11)23-5-4-20-17-15(18(21)22)9-13(3)10-16(17)19/h6-10,20H,4-5H2,1-3H3,(H,21,22). The second-order valence-corrected chi connectivity index (χ2v) is 6.43. The third kappa shape index (κ3) is 4.73. The fourth-order valence-corrected chi connectivity index (χ4v) is 3.17. The first-order chi connectivity index (χ1) is 10.9. The summed E-state index contributed by atoms with van der Waals surface area (Å²) in [5, 5.41) is 12.5. The van der Waals surface area contributed by atoms with Crippen LogP contribution in [0.4, 0.5) is 5.69 Å². The first-order valence-corrected chi connectivity index (χ1v) is 8.14. The van der Waals surface area contributed by atoms with Crippen LogP contribution in [0.5, 0.6) is 5.75 Å². The van der Waals surface area contributed by atoms with Gasteiger partial charge in [0.1, 0.15) is 12.4 Å². The summed E-state index contributed by atoms with van der Waals surface area (Å²) in [6, 6.07) is 9.60. The molecule has 0 saturated heterocycles. The van der Waals surface area contributed by atoms with Gasteiger partial charge in [0.05, 0.1) is 11.3 Å². The van der Waals surface area contributed by atoms with Crippen molar-refractivity contribution in [2.24, 2.45) is 0 Å². The van der Waals surface area contributed by atoms with Gasteiger partial charge < -0.3 is 15.2 Å². The Morgan fingerprint density at radius 1 is 1.09 bits per heavy atom. The topological polar surface area (TPSA) is 58.6 Å². The fraction of sp³-hybridized carbons (Fsp3) is 0.278. The van der Waals surface area contributed by atoms with Crippen LogP contribution in [0.15, 0.2) is 34.8 Å². The minimum atomic E-state index is -0.952. The van der Waals surface area contributed by atoms with Crippen molar-refractivity contribution in [2.75, 3.05) is 18.5 Å². The molecule has 0 saturated carbocycles. The lowest BCUT2D eigenvalue weighted by Gasteiger charge is -2.14. The first-order valence-electron chi connectivity index (χ1n) is 7.35. The Balaban J connectivity index is 2.00. The number of hydrogen-bond acceptors (Lipinski definition) is 3. The van der Waals surface area contributed by atoms with E-state index < -0.39 is 5.97 Å². The second-order valence-electron chi connectivity index (χ2n) is 5.57. The van der Waals surface area contributed by atoms with Gasteiger partial charge in [-0.1, -0.05) is 6.07 Å². The van der Waals surface area contributed by atoms with Crippen LogP contribution in [0.2, 0.25) is 0 Å². The van der Waals surface area contributed by atoms with Gasteiger partial charge in [-0.15, -0.1) is 0 Å². The van der Waals surface area contributed by atoms with E-state index in [0.717, 1.165) is 26.9 Å². The van der Waals surface area contributed by atoms with Crippen LogP contribution in [0.25, 0.3) is 0 Å². The molecular weight excluding hydrogens is 358 g/mol. The van der Waals surface area contributed by atoms with E-state index in [9.17, 15) is 9.90 Å². The van der Waals surface area contributed by atoms with Gasteiger partial charge in [0.2, 0.25) is 0 Å². The largest absolute Gasteiger partial charge is 0.492 e. The Kier molecular flexibility index (Phi) is 5.66. The normalized spacial score (nSPS) is 10.4. The highest BCUT2D eigenvalue weighted by Crippen LogP contribution is 2.28. The summed E-state index contributed by atoms with van der Waals surface area (Å²) in [4.78, 5) is 11.4. The van der Waals surface area contributed by atoms with Gasteiger partial charge in [-0.05, 0) is 77.7 Å². The highest BCUT2D eigenvalue weighted by molar-refractivity contribution is 9.10. The van der Waals surface area contributed by atoms with Crippen molar-refractivity contribution >= 4 is 27.6 Å². The van der Waals surface area contributed by atoms with E-state index in [-0.39, 0.29) is 5.56 Å². The van der Waals surface area contributed by atoms with Gasteiger partial charge in [-0.3, -0.25) is 0 Å². The maximum atomic E-state index is 11.4. The smallest absolute Gasteiger partial charge is 0.337 e. The Labute approximate surface area is 144 Å².